The van der Waals surface area contributed by atoms with Crippen molar-refractivity contribution in [2.24, 2.45) is 5.92 Å². The van der Waals surface area contributed by atoms with Crippen LogP contribution >= 0.6 is 0 Å². The van der Waals surface area contributed by atoms with Gasteiger partial charge in [-0.25, -0.2) is 0 Å². The summed E-state index contributed by atoms with van der Waals surface area (Å²) in [4.78, 5) is 12.0. The summed E-state index contributed by atoms with van der Waals surface area (Å²) in [5.41, 5.74) is 0.943. The van der Waals surface area contributed by atoms with E-state index in [0.29, 0.717) is 12.3 Å². The van der Waals surface area contributed by atoms with Crippen molar-refractivity contribution < 1.29 is 9.53 Å². The molecule has 0 saturated carbocycles. The third-order valence-corrected chi connectivity index (χ3v) is 2.60. The fourth-order valence-corrected chi connectivity index (χ4v) is 1.64. The predicted octanol–water partition coefficient (Wildman–Crippen LogP) is 3.38. The number of Topliss-reactive ketones (excluding diaryl/α,β-unsaturated/α-hetero) is 1. The van der Waals surface area contributed by atoms with Gasteiger partial charge in [-0.2, -0.15) is 0 Å². The maximum Gasteiger partial charge on any atom is 0.166 e. The van der Waals surface area contributed by atoms with E-state index in [1.807, 2.05) is 30.3 Å². The molecular formula is C14H20O2. The lowest BCUT2D eigenvalue weighted by Gasteiger charge is -2.15. The first kappa shape index (κ1) is 12.9. The second-order valence-electron chi connectivity index (χ2n) is 4.43. The van der Waals surface area contributed by atoms with E-state index in [9.17, 15) is 4.79 Å². The van der Waals surface area contributed by atoms with Crippen LogP contribution in [0.25, 0.3) is 0 Å². The van der Waals surface area contributed by atoms with Crippen LogP contribution in [0.3, 0.4) is 0 Å². The number of benzene rings is 1. The number of carbonyl (C=O) groups is 1. The lowest BCUT2D eigenvalue weighted by atomic mass is 9.99. The van der Waals surface area contributed by atoms with Crippen LogP contribution in [0.4, 0.5) is 0 Å². The molecule has 0 aliphatic heterocycles. The molecule has 88 valence electrons. The second kappa shape index (κ2) is 6.44. The summed E-state index contributed by atoms with van der Waals surface area (Å²) in [6, 6.07) is 9.66. The number of ketones is 1. The van der Waals surface area contributed by atoms with Crippen molar-refractivity contribution in [1.82, 2.24) is 0 Å². The topological polar surface area (TPSA) is 26.3 Å². The molecule has 0 fully saturated rings. The summed E-state index contributed by atoms with van der Waals surface area (Å²) >= 11 is 0. The van der Waals surface area contributed by atoms with Crippen LogP contribution < -0.4 is 0 Å². The van der Waals surface area contributed by atoms with E-state index in [1.165, 1.54) is 0 Å². The molecule has 16 heavy (non-hydrogen) atoms. The Labute approximate surface area is 97.6 Å². The van der Waals surface area contributed by atoms with E-state index in [-0.39, 0.29) is 5.78 Å². The molecule has 2 nitrogen and oxygen atoms in total. The first-order valence-electron chi connectivity index (χ1n) is 5.75. The predicted molar refractivity (Wildman–Crippen MR) is 65.3 cm³/mol. The molecule has 0 amide bonds. The number of hydrogen-bond acceptors (Lipinski definition) is 2. The van der Waals surface area contributed by atoms with Crippen molar-refractivity contribution in [3.8, 4) is 0 Å². The summed E-state index contributed by atoms with van der Waals surface area (Å²) in [5.74, 6) is 0.722. The summed E-state index contributed by atoms with van der Waals surface area (Å²) in [6.45, 7) is 4.25. The Balaban J connectivity index is 2.64. The van der Waals surface area contributed by atoms with Crippen LogP contribution in [0.5, 0.6) is 0 Å². The van der Waals surface area contributed by atoms with E-state index >= 15 is 0 Å². The van der Waals surface area contributed by atoms with Gasteiger partial charge in [-0.15, -0.1) is 0 Å². The number of carbonyl (C=O) groups excluding carboxylic acids is 1. The lowest BCUT2D eigenvalue weighted by molar-refractivity contribution is -0.129. The quantitative estimate of drug-likeness (QED) is 0.734. The summed E-state index contributed by atoms with van der Waals surface area (Å²) in [7, 11) is 1.59. The molecule has 1 rings (SSSR count). The molecule has 1 aromatic rings. The molecule has 0 aromatic heterocycles. The lowest BCUT2D eigenvalue weighted by Crippen LogP contribution is -2.15. The highest BCUT2D eigenvalue weighted by atomic mass is 16.5. The van der Waals surface area contributed by atoms with E-state index in [1.54, 1.807) is 7.11 Å². The zero-order valence-corrected chi connectivity index (χ0v) is 10.3. The summed E-state index contributed by atoms with van der Waals surface area (Å²) in [5, 5.41) is 0. The highest BCUT2D eigenvalue weighted by molar-refractivity contribution is 5.84. The van der Waals surface area contributed by atoms with Crippen molar-refractivity contribution >= 4 is 5.78 Å². The monoisotopic (exact) mass is 220 g/mol. The maximum atomic E-state index is 12.0. The molecular weight excluding hydrogens is 200 g/mol. The zero-order chi connectivity index (χ0) is 12.0. The third kappa shape index (κ3) is 3.78. The van der Waals surface area contributed by atoms with Crippen molar-refractivity contribution in [3.05, 3.63) is 35.9 Å². The fraction of sp³-hybridized carbons (Fsp3) is 0.500. The molecule has 0 aliphatic carbocycles. The van der Waals surface area contributed by atoms with Crippen molar-refractivity contribution in [2.45, 2.75) is 32.8 Å². The van der Waals surface area contributed by atoms with Crippen molar-refractivity contribution in [3.63, 3.8) is 0 Å². The minimum Gasteiger partial charge on any atom is -0.369 e. The van der Waals surface area contributed by atoms with Gasteiger partial charge in [0.05, 0.1) is 0 Å². The highest BCUT2D eigenvalue weighted by Crippen LogP contribution is 2.20. The highest BCUT2D eigenvalue weighted by Gasteiger charge is 2.19. The smallest absolute Gasteiger partial charge is 0.166 e. The minimum atomic E-state index is -0.403. The Morgan fingerprint density at radius 2 is 1.88 bits per heavy atom. The SMILES string of the molecule is COC(C(=O)CCC(C)C)c1ccccc1. The number of ether oxygens (including phenoxy) is 1. The molecule has 1 atom stereocenters. The average molecular weight is 220 g/mol. The molecule has 0 saturated heterocycles. The van der Waals surface area contributed by atoms with Gasteiger partial charge in [0, 0.05) is 13.5 Å². The molecule has 1 unspecified atom stereocenters. The van der Waals surface area contributed by atoms with Gasteiger partial charge in [0.15, 0.2) is 5.78 Å². The van der Waals surface area contributed by atoms with E-state index < -0.39 is 6.10 Å². The molecule has 0 N–H and O–H groups in total. The van der Waals surface area contributed by atoms with Gasteiger partial charge in [0.25, 0.3) is 0 Å². The number of hydrogen-bond donors (Lipinski definition) is 0. The van der Waals surface area contributed by atoms with Crippen LogP contribution in [0.1, 0.15) is 38.4 Å². The molecule has 0 heterocycles. The standard InChI is InChI=1S/C14H20O2/c1-11(2)9-10-13(15)14(16-3)12-7-5-4-6-8-12/h4-8,11,14H,9-10H2,1-3H3. The van der Waals surface area contributed by atoms with Gasteiger partial charge in [-0.1, -0.05) is 44.2 Å². The Morgan fingerprint density at radius 1 is 1.25 bits per heavy atom. The number of rotatable bonds is 6. The van der Waals surface area contributed by atoms with Crippen LogP contribution in [0, 0.1) is 5.92 Å². The van der Waals surface area contributed by atoms with E-state index in [0.717, 1.165) is 12.0 Å². The molecule has 0 spiro atoms. The third-order valence-electron chi connectivity index (χ3n) is 2.60. The zero-order valence-electron chi connectivity index (χ0n) is 10.3. The van der Waals surface area contributed by atoms with Crippen LogP contribution in [-0.4, -0.2) is 12.9 Å². The van der Waals surface area contributed by atoms with Gasteiger partial charge >= 0.3 is 0 Å². The van der Waals surface area contributed by atoms with Crippen molar-refractivity contribution in [1.29, 1.82) is 0 Å². The van der Waals surface area contributed by atoms with Gasteiger partial charge in [0.2, 0.25) is 0 Å². The average Bonchev–Trinajstić information content (AvgIpc) is 2.29. The Kier molecular flexibility index (Phi) is 5.20. The first-order chi connectivity index (χ1) is 7.65. The molecule has 0 bridgehead atoms. The van der Waals surface area contributed by atoms with E-state index in [4.69, 9.17) is 4.74 Å². The molecule has 1 aromatic carbocycles. The molecule has 0 aliphatic rings. The maximum absolute atomic E-state index is 12.0. The normalized spacial score (nSPS) is 12.8. The van der Waals surface area contributed by atoms with Gasteiger partial charge in [-0.3, -0.25) is 4.79 Å². The van der Waals surface area contributed by atoms with Crippen LogP contribution in [0.15, 0.2) is 30.3 Å². The van der Waals surface area contributed by atoms with Crippen molar-refractivity contribution in [2.75, 3.05) is 7.11 Å². The largest absolute Gasteiger partial charge is 0.369 e. The number of methoxy groups -OCH3 is 1. The summed E-state index contributed by atoms with van der Waals surface area (Å²) in [6.07, 6.45) is 1.11. The second-order valence-corrected chi connectivity index (χ2v) is 4.43. The minimum absolute atomic E-state index is 0.169. The van der Waals surface area contributed by atoms with Gasteiger partial charge < -0.3 is 4.74 Å². The Morgan fingerprint density at radius 3 is 2.38 bits per heavy atom. The van der Waals surface area contributed by atoms with Crippen LogP contribution in [-0.2, 0) is 9.53 Å². The van der Waals surface area contributed by atoms with E-state index in [2.05, 4.69) is 13.8 Å². The Bertz CT molecular complexity index is 317. The van der Waals surface area contributed by atoms with Crippen LogP contribution in [0.2, 0.25) is 0 Å². The van der Waals surface area contributed by atoms with Gasteiger partial charge in [-0.05, 0) is 17.9 Å². The fourth-order valence-electron chi connectivity index (χ4n) is 1.64. The molecule has 0 radical (unpaired) electrons. The first-order valence-corrected chi connectivity index (χ1v) is 5.75. The summed E-state index contributed by atoms with van der Waals surface area (Å²) < 4.78 is 5.28. The van der Waals surface area contributed by atoms with Gasteiger partial charge in [0.1, 0.15) is 6.10 Å². The Hall–Kier alpha value is -1.15. The molecule has 2 heteroatoms.